The van der Waals surface area contributed by atoms with E-state index >= 15 is 0 Å². The molecular weight excluding hydrogens is 388 g/mol. The van der Waals surface area contributed by atoms with Crippen molar-refractivity contribution in [3.8, 4) is 0 Å². The van der Waals surface area contributed by atoms with E-state index in [0.29, 0.717) is 19.5 Å². The molecule has 0 bridgehead atoms. The van der Waals surface area contributed by atoms with Gasteiger partial charge in [-0.2, -0.15) is 0 Å². The molecule has 2 aromatic carbocycles. The highest BCUT2D eigenvalue weighted by molar-refractivity contribution is 5.90. The highest BCUT2D eigenvalue weighted by Crippen LogP contribution is 2.21. The van der Waals surface area contributed by atoms with Crippen LogP contribution in [0.25, 0.3) is 10.9 Å². The molecule has 6 heteroatoms. The maximum Gasteiger partial charge on any atom is 0.245 e. The van der Waals surface area contributed by atoms with Gasteiger partial charge in [0.15, 0.2) is 0 Å². The highest BCUT2D eigenvalue weighted by atomic mass is 16.2. The molecule has 0 radical (unpaired) electrons. The fourth-order valence-corrected chi connectivity index (χ4v) is 4.13. The Hall–Kier alpha value is -3.28. The number of likely N-dealkylation sites (tertiary alicyclic amines) is 1. The maximum atomic E-state index is 13.4. The maximum absolute atomic E-state index is 13.4. The molecule has 1 aromatic heterocycles. The van der Waals surface area contributed by atoms with Gasteiger partial charge in [0, 0.05) is 54.3 Å². The zero-order chi connectivity index (χ0) is 21.8. The summed E-state index contributed by atoms with van der Waals surface area (Å²) >= 11 is 0. The van der Waals surface area contributed by atoms with Gasteiger partial charge >= 0.3 is 0 Å². The Kier molecular flexibility index (Phi) is 6.26. The fourth-order valence-electron chi connectivity index (χ4n) is 4.13. The minimum Gasteiger partial charge on any atom is -0.380 e. The number of nitrogens with zero attached hydrogens (tertiary/aromatic N) is 1. The predicted molar refractivity (Wildman–Crippen MR) is 124 cm³/mol. The summed E-state index contributed by atoms with van der Waals surface area (Å²) in [5, 5.41) is 7.59. The van der Waals surface area contributed by atoms with Gasteiger partial charge in [-0.05, 0) is 30.2 Å². The summed E-state index contributed by atoms with van der Waals surface area (Å²) in [4.78, 5) is 31.0. The minimum absolute atomic E-state index is 0.0170. The molecule has 1 aliphatic rings. The van der Waals surface area contributed by atoms with Crippen molar-refractivity contribution >= 4 is 28.4 Å². The van der Waals surface area contributed by atoms with Crippen LogP contribution >= 0.6 is 0 Å². The average Bonchev–Trinajstić information content (AvgIpc) is 3.41. The van der Waals surface area contributed by atoms with Crippen LogP contribution in [0.4, 0.5) is 5.69 Å². The number of amides is 2. The van der Waals surface area contributed by atoms with Gasteiger partial charge in [-0.15, -0.1) is 0 Å². The summed E-state index contributed by atoms with van der Waals surface area (Å²) < 4.78 is 0. The third-order valence-electron chi connectivity index (χ3n) is 5.88. The van der Waals surface area contributed by atoms with E-state index in [9.17, 15) is 9.59 Å². The first-order chi connectivity index (χ1) is 15.0. The number of carbonyl (C=O) groups excluding carboxylic acids is 2. The van der Waals surface area contributed by atoms with Crippen LogP contribution in [0.1, 0.15) is 25.8 Å². The lowest BCUT2D eigenvalue weighted by molar-refractivity contribution is -0.136. The number of fused-ring (bicyclic) bond motifs is 1. The Morgan fingerprint density at radius 2 is 1.84 bits per heavy atom. The van der Waals surface area contributed by atoms with Crippen molar-refractivity contribution < 1.29 is 9.59 Å². The summed E-state index contributed by atoms with van der Waals surface area (Å²) in [7, 11) is 0. The minimum atomic E-state index is -0.579. The van der Waals surface area contributed by atoms with Crippen LogP contribution in [0.3, 0.4) is 0 Å². The van der Waals surface area contributed by atoms with Crippen molar-refractivity contribution in [2.45, 2.75) is 38.8 Å². The van der Waals surface area contributed by atoms with E-state index in [1.165, 1.54) is 0 Å². The molecule has 2 amide bonds. The van der Waals surface area contributed by atoms with Crippen LogP contribution in [0.15, 0.2) is 60.8 Å². The van der Waals surface area contributed by atoms with Crippen LogP contribution in [0.5, 0.6) is 0 Å². The number of para-hydroxylation sites is 2. The first-order valence-electron chi connectivity index (χ1n) is 11.0. The van der Waals surface area contributed by atoms with E-state index < -0.39 is 6.04 Å². The largest absolute Gasteiger partial charge is 0.380 e. The van der Waals surface area contributed by atoms with E-state index in [0.717, 1.165) is 28.6 Å². The second kappa shape index (κ2) is 9.25. The predicted octanol–water partition coefficient (Wildman–Crippen LogP) is 3.56. The number of hydrogen-bond acceptors (Lipinski definition) is 3. The van der Waals surface area contributed by atoms with Crippen molar-refractivity contribution in [1.29, 1.82) is 0 Å². The van der Waals surface area contributed by atoms with E-state index in [1.54, 1.807) is 0 Å². The Bertz CT molecular complexity index is 1040. The smallest absolute Gasteiger partial charge is 0.245 e. The third kappa shape index (κ3) is 4.90. The number of benzene rings is 2. The van der Waals surface area contributed by atoms with Crippen LogP contribution in [-0.4, -0.2) is 46.9 Å². The highest BCUT2D eigenvalue weighted by Gasteiger charge is 2.32. The first kappa shape index (κ1) is 21.0. The number of H-pyrrole nitrogens is 1. The van der Waals surface area contributed by atoms with Gasteiger partial charge in [0.05, 0.1) is 0 Å². The van der Waals surface area contributed by atoms with Crippen molar-refractivity contribution in [1.82, 2.24) is 15.2 Å². The van der Waals surface area contributed by atoms with Crippen LogP contribution < -0.4 is 10.6 Å². The van der Waals surface area contributed by atoms with Crippen LogP contribution in [0, 0.1) is 5.92 Å². The number of rotatable bonds is 7. The number of aromatic nitrogens is 1. The molecule has 3 N–H and O–H groups in total. The number of anilines is 1. The second-order valence-electron chi connectivity index (χ2n) is 8.56. The summed E-state index contributed by atoms with van der Waals surface area (Å²) in [6.07, 6.45) is 3.30. The summed E-state index contributed by atoms with van der Waals surface area (Å²) in [5.41, 5.74) is 3.13. The molecule has 1 saturated heterocycles. The Morgan fingerprint density at radius 1 is 1.10 bits per heavy atom. The van der Waals surface area contributed by atoms with Crippen molar-refractivity contribution in [3.05, 3.63) is 66.4 Å². The van der Waals surface area contributed by atoms with E-state index in [-0.39, 0.29) is 23.8 Å². The van der Waals surface area contributed by atoms with E-state index in [4.69, 9.17) is 0 Å². The number of nitrogens with one attached hydrogen (secondary N) is 3. The molecule has 0 saturated carbocycles. The molecule has 3 aromatic rings. The molecule has 31 heavy (non-hydrogen) atoms. The van der Waals surface area contributed by atoms with Gasteiger partial charge in [0.25, 0.3) is 0 Å². The van der Waals surface area contributed by atoms with Gasteiger partial charge in [-0.1, -0.05) is 50.2 Å². The van der Waals surface area contributed by atoms with Gasteiger partial charge < -0.3 is 20.5 Å². The van der Waals surface area contributed by atoms with Crippen LogP contribution in [0.2, 0.25) is 0 Å². The zero-order valence-electron chi connectivity index (χ0n) is 18.1. The molecule has 2 atom stereocenters. The van der Waals surface area contributed by atoms with Crippen LogP contribution in [-0.2, 0) is 16.0 Å². The zero-order valence-corrected chi connectivity index (χ0v) is 18.1. The van der Waals surface area contributed by atoms with Crippen molar-refractivity contribution in [2.75, 3.05) is 18.4 Å². The lowest BCUT2D eigenvalue weighted by Gasteiger charge is -2.25. The van der Waals surface area contributed by atoms with Gasteiger partial charge in [-0.3, -0.25) is 9.59 Å². The summed E-state index contributed by atoms with van der Waals surface area (Å²) in [5.74, 6) is -0.294. The fraction of sp³-hybridized carbons (Fsp3) is 0.360. The molecule has 162 valence electrons. The standard InChI is InChI=1S/C25H30N4O2/c1-17(2)24(30)28-23(14-18-15-26-22-11-7-6-10-21(18)22)25(31)29-13-12-20(16-29)27-19-8-4-3-5-9-19/h3-11,15,17,20,23,26-27H,12-14,16H2,1-2H3,(H,28,30). The van der Waals surface area contributed by atoms with E-state index in [1.807, 2.05) is 79.5 Å². The molecular formula is C25H30N4O2. The normalized spacial score (nSPS) is 17.1. The molecule has 1 fully saturated rings. The lowest BCUT2D eigenvalue weighted by Crippen LogP contribution is -2.50. The molecule has 6 nitrogen and oxygen atoms in total. The van der Waals surface area contributed by atoms with Gasteiger partial charge in [0.1, 0.15) is 6.04 Å². The average molecular weight is 419 g/mol. The summed E-state index contributed by atoms with van der Waals surface area (Å²) in [6, 6.07) is 17.7. The number of aromatic amines is 1. The quantitative estimate of drug-likeness (QED) is 0.549. The number of hydrogen-bond donors (Lipinski definition) is 3. The Morgan fingerprint density at radius 3 is 2.61 bits per heavy atom. The van der Waals surface area contributed by atoms with E-state index in [2.05, 4.69) is 15.6 Å². The first-order valence-corrected chi connectivity index (χ1v) is 11.0. The molecule has 0 aliphatic carbocycles. The Balaban J connectivity index is 1.48. The SMILES string of the molecule is CC(C)C(=O)NC(Cc1c[nH]c2ccccc12)C(=O)N1CCC(Nc2ccccc2)C1. The lowest BCUT2D eigenvalue weighted by atomic mass is 10.0. The molecule has 0 spiro atoms. The monoisotopic (exact) mass is 418 g/mol. The Labute approximate surface area is 183 Å². The molecule has 4 rings (SSSR count). The topological polar surface area (TPSA) is 77.2 Å². The molecule has 2 unspecified atom stereocenters. The number of carbonyl (C=O) groups is 2. The third-order valence-corrected chi connectivity index (χ3v) is 5.88. The summed E-state index contributed by atoms with van der Waals surface area (Å²) in [6.45, 7) is 5.01. The van der Waals surface area contributed by atoms with Crippen molar-refractivity contribution in [3.63, 3.8) is 0 Å². The van der Waals surface area contributed by atoms with Gasteiger partial charge in [0.2, 0.25) is 11.8 Å². The molecule has 2 heterocycles. The van der Waals surface area contributed by atoms with Crippen molar-refractivity contribution in [2.24, 2.45) is 5.92 Å². The second-order valence-corrected chi connectivity index (χ2v) is 8.56. The molecule has 1 aliphatic heterocycles. The van der Waals surface area contributed by atoms with Gasteiger partial charge in [-0.25, -0.2) is 0 Å².